The molecule has 2 aliphatic carbocycles. The molecule has 0 atom stereocenters. The maximum absolute atomic E-state index is 8.93. The van der Waals surface area contributed by atoms with Crippen LogP contribution in [-0.2, 0) is 11.8 Å². The zero-order valence-corrected chi connectivity index (χ0v) is 15.5. The van der Waals surface area contributed by atoms with Gasteiger partial charge in [0.15, 0.2) is 5.84 Å². The summed E-state index contributed by atoms with van der Waals surface area (Å²) in [5.41, 5.74) is 12.8. The van der Waals surface area contributed by atoms with Crippen molar-refractivity contribution in [2.45, 2.75) is 50.4 Å². The van der Waals surface area contributed by atoms with Crippen LogP contribution >= 0.6 is 0 Å². The van der Waals surface area contributed by atoms with Crippen LogP contribution in [0.2, 0.25) is 0 Å². The summed E-state index contributed by atoms with van der Waals surface area (Å²) in [5, 5.41) is 13.3. The monoisotopic (exact) mass is 360 g/mol. The Hall–Kier alpha value is -2.82. The molecule has 0 aliphatic heterocycles. The molecule has 2 saturated carbocycles. The minimum atomic E-state index is 0.0410. The highest BCUT2D eigenvalue weighted by Crippen LogP contribution is 2.50. The van der Waals surface area contributed by atoms with Crippen molar-refractivity contribution in [3.63, 3.8) is 0 Å². The molecule has 5 heteroatoms. The van der Waals surface area contributed by atoms with E-state index in [0.29, 0.717) is 5.69 Å². The third-order valence-electron chi connectivity index (χ3n) is 6.12. The summed E-state index contributed by atoms with van der Waals surface area (Å²) in [7, 11) is 0. The Labute approximate surface area is 158 Å². The van der Waals surface area contributed by atoms with E-state index in [1.165, 1.54) is 53.4 Å². The quantitative estimate of drug-likeness (QED) is 0.276. The van der Waals surface area contributed by atoms with E-state index in [9.17, 15) is 0 Å². The lowest BCUT2D eigenvalue weighted by molar-refractivity contribution is 0.318. The molecule has 2 aromatic heterocycles. The summed E-state index contributed by atoms with van der Waals surface area (Å²) in [6, 6.07) is 12.6. The lowest BCUT2D eigenvalue weighted by Gasteiger charge is -2.11. The molecule has 0 radical (unpaired) electrons. The molecule has 0 amide bonds. The Morgan fingerprint density at radius 2 is 2.11 bits per heavy atom. The second-order valence-corrected chi connectivity index (χ2v) is 8.29. The van der Waals surface area contributed by atoms with Crippen LogP contribution in [0.3, 0.4) is 0 Å². The Bertz CT molecular complexity index is 1060. The largest absolute Gasteiger partial charge is 0.409 e. The van der Waals surface area contributed by atoms with E-state index in [4.69, 9.17) is 10.9 Å². The maximum Gasteiger partial charge on any atom is 0.188 e. The molecule has 2 fully saturated rings. The van der Waals surface area contributed by atoms with Gasteiger partial charge in [-0.15, -0.1) is 0 Å². The van der Waals surface area contributed by atoms with Gasteiger partial charge in [0.2, 0.25) is 0 Å². The standard InChI is InChI=1S/C22H24N4O/c1-22(9-10-22)20-17(12-15-3-2-4-18(24-15)21(23)26-27)16-8-7-14(13-5-6-13)11-19(16)25-20/h2-4,7-8,11,13,25,27H,5-6,9-10,12H2,1H3,(H2,23,26). The summed E-state index contributed by atoms with van der Waals surface area (Å²) in [4.78, 5) is 8.34. The molecular weight excluding hydrogens is 336 g/mol. The molecule has 3 aromatic rings. The molecule has 4 N–H and O–H groups in total. The van der Waals surface area contributed by atoms with Crippen LogP contribution in [0.1, 0.15) is 66.7 Å². The third kappa shape index (κ3) is 2.87. The van der Waals surface area contributed by atoms with Gasteiger partial charge in [0.25, 0.3) is 0 Å². The van der Waals surface area contributed by atoms with Crippen LogP contribution in [0.25, 0.3) is 10.9 Å². The number of pyridine rings is 1. The first-order valence-corrected chi connectivity index (χ1v) is 9.66. The molecule has 0 saturated heterocycles. The zero-order valence-electron chi connectivity index (χ0n) is 15.5. The van der Waals surface area contributed by atoms with Gasteiger partial charge in [-0.3, -0.25) is 0 Å². The number of amidine groups is 1. The highest BCUT2D eigenvalue weighted by Gasteiger charge is 2.42. The molecule has 5 rings (SSSR count). The van der Waals surface area contributed by atoms with Crippen LogP contribution in [0.15, 0.2) is 41.6 Å². The van der Waals surface area contributed by atoms with Gasteiger partial charge in [0, 0.05) is 34.1 Å². The van der Waals surface area contributed by atoms with Crippen LogP contribution in [0.5, 0.6) is 0 Å². The average molecular weight is 360 g/mol. The number of rotatable bonds is 5. The molecule has 2 aliphatic rings. The van der Waals surface area contributed by atoms with E-state index in [1.54, 1.807) is 6.07 Å². The number of hydrogen-bond donors (Lipinski definition) is 3. The SMILES string of the molecule is CC1(c2[nH]c3cc(C4CC4)ccc3c2Cc2cccc(C(N)=NO)n2)CC1. The van der Waals surface area contributed by atoms with E-state index in [1.807, 2.05) is 12.1 Å². The fraction of sp³-hybridized carbons (Fsp3) is 0.364. The normalized spacial score (nSPS) is 18.8. The van der Waals surface area contributed by atoms with Crippen molar-refractivity contribution in [1.29, 1.82) is 0 Å². The highest BCUT2D eigenvalue weighted by molar-refractivity contribution is 5.95. The molecule has 27 heavy (non-hydrogen) atoms. The third-order valence-corrected chi connectivity index (χ3v) is 6.12. The van der Waals surface area contributed by atoms with Crippen molar-refractivity contribution in [2.24, 2.45) is 10.9 Å². The van der Waals surface area contributed by atoms with Gasteiger partial charge in [0.05, 0.1) is 0 Å². The molecular formula is C22H24N4O. The number of H-pyrrole nitrogens is 1. The van der Waals surface area contributed by atoms with Gasteiger partial charge < -0.3 is 15.9 Å². The van der Waals surface area contributed by atoms with Crippen LogP contribution in [-0.4, -0.2) is 21.0 Å². The summed E-state index contributed by atoms with van der Waals surface area (Å²) >= 11 is 0. The van der Waals surface area contributed by atoms with Crippen molar-refractivity contribution in [1.82, 2.24) is 9.97 Å². The van der Waals surface area contributed by atoms with Crippen LogP contribution in [0.4, 0.5) is 0 Å². The molecule has 0 bridgehead atoms. The number of aromatic amines is 1. The lowest BCUT2D eigenvalue weighted by atomic mass is 9.95. The van der Waals surface area contributed by atoms with Gasteiger partial charge >= 0.3 is 0 Å². The average Bonchev–Trinajstić information content (AvgIpc) is 3.61. The fourth-order valence-corrected chi connectivity index (χ4v) is 4.03. The number of fused-ring (bicyclic) bond motifs is 1. The second-order valence-electron chi connectivity index (χ2n) is 8.29. The Balaban J connectivity index is 1.59. The maximum atomic E-state index is 8.93. The summed E-state index contributed by atoms with van der Waals surface area (Å²) < 4.78 is 0. The van der Waals surface area contributed by atoms with E-state index in [2.05, 4.69) is 40.2 Å². The van der Waals surface area contributed by atoms with Gasteiger partial charge in [-0.05, 0) is 60.9 Å². The van der Waals surface area contributed by atoms with Crippen molar-refractivity contribution in [3.8, 4) is 0 Å². The summed E-state index contributed by atoms with van der Waals surface area (Å²) in [5.74, 6) is 0.791. The zero-order chi connectivity index (χ0) is 18.6. The van der Waals surface area contributed by atoms with Crippen molar-refractivity contribution in [2.75, 3.05) is 0 Å². The second kappa shape index (κ2) is 5.84. The van der Waals surface area contributed by atoms with Gasteiger partial charge in [0.1, 0.15) is 5.69 Å². The molecule has 0 unspecified atom stereocenters. The Morgan fingerprint density at radius 1 is 1.30 bits per heavy atom. The number of benzene rings is 1. The molecule has 138 valence electrons. The van der Waals surface area contributed by atoms with Gasteiger partial charge in [-0.1, -0.05) is 30.3 Å². The van der Waals surface area contributed by atoms with Crippen molar-refractivity contribution < 1.29 is 5.21 Å². The van der Waals surface area contributed by atoms with E-state index in [0.717, 1.165) is 18.0 Å². The number of aromatic nitrogens is 2. The topological polar surface area (TPSA) is 87.3 Å². The molecule has 0 spiro atoms. The fourth-order valence-electron chi connectivity index (χ4n) is 4.03. The lowest BCUT2D eigenvalue weighted by Crippen LogP contribution is -2.15. The minimum Gasteiger partial charge on any atom is -0.409 e. The number of oxime groups is 1. The summed E-state index contributed by atoms with van der Waals surface area (Å²) in [6.45, 7) is 2.34. The smallest absolute Gasteiger partial charge is 0.188 e. The first-order valence-electron chi connectivity index (χ1n) is 9.66. The Morgan fingerprint density at radius 3 is 2.81 bits per heavy atom. The minimum absolute atomic E-state index is 0.0410. The van der Waals surface area contributed by atoms with Crippen LogP contribution < -0.4 is 5.73 Å². The van der Waals surface area contributed by atoms with Crippen LogP contribution in [0, 0.1) is 0 Å². The molecule has 2 heterocycles. The highest BCUT2D eigenvalue weighted by atomic mass is 16.4. The predicted molar refractivity (Wildman–Crippen MR) is 106 cm³/mol. The number of nitrogens with two attached hydrogens (primary N) is 1. The number of hydrogen-bond acceptors (Lipinski definition) is 3. The number of nitrogens with one attached hydrogen (secondary N) is 1. The first kappa shape index (κ1) is 16.4. The molecule has 5 nitrogen and oxygen atoms in total. The van der Waals surface area contributed by atoms with Gasteiger partial charge in [-0.25, -0.2) is 4.98 Å². The Kier molecular flexibility index (Phi) is 3.54. The van der Waals surface area contributed by atoms with E-state index < -0.39 is 0 Å². The first-order chi connectivity index (χ1) is 13.1. The predicted octanol–water partition coefficient (Wildman–Crippen LogP) is 4.18. The van der Waals surface area contributed by atoms with Gasteiger partial charge in [-0.2, -0.15) is 0 Å². The van der Waals surface area contributed by atoms with E-state index in [-0.39, 0.29) is 11.3 Å². The van der Waals surface area contributed by atoms with E-state index >= 15 is 0 Å². The number of nitrogens with zero attached hydrogens (tertiary/aromatic N) is 2. The molecule has 1 aromatic carbocycles. The summed E-state index contributed by atoms with van der Waals surface area (Å²) in [6.07, 6.45) is 5.81. The van der Waals surface area contributed by atoms with Crippen molar-refractivity contribution in [3.05, 3.63) is 64.6 Å². The van der Waals surface area contributed by atoms with Crippen molar-refractivity contribution >= 4 is 16.7 Å².